The Morgan fingerprint density at radius 1 is 1.10 bits per heavy atom. The summed E-state index contributed by atoms with van der Waals surface area (Å²) in [7, 11) is 0. The predicted octanol–water partition coefficient (Wildman–Crippen LogP) is 3.57. The third-order valence-corrected chi connectivity index (χ3v) is 5.21. The molecular formula is C18H23N3. The van der Waals surface area contributed by atoms with E-state index in [4.69, 9.17) is 0 Å². The van der Waals surface area contributed by atoms with E-state index in [2.05, 4.69) is 39.9 Å². The monoisotopic (exact) mass is 281 g/mol. The minimum atomic E-state index is 0.603. The van der Waals surface area contributed by atoms with Gasteiger partial charge in [-0.2, -0.15) is 0 Å². The quantitative estimate of drug-likeness (QED) is 0.903. The molecule has 1 aromatic carbocycles. The Labute approximate surface area is 126 Å². The summed E-state index contributed by atoms with van der Waals surface area (Å²) >= 11 is 0. The lowest BCUT2D eigenvalue weighted by Gasteiger charge is -2.27. The highest BCUT2D eigenvalue weighted by atomic mass is 15.0. The average molecular weight is 281 g/mol. The summed E-state index contributed by atoms with van der Waals surface area (Å²) in [6.45, 7) is 1.20. The lowest BCUT2D eigenvalue weighted by Crippen LogP contribution is -2.38. The van der Waals surface area contributed by atoms with E-state index in [0.29, 0.717) is 6.04 Å². The van der Waals surface area contributed by atoms with Gasteiger partial charge in [0.2, 0.25) is 0 Å². The highest BCUT2D eigenvalue weighted by Crippen LogP contribution is 2.35. The number of benzene rings is 1. The van der Waals surface area contributed by atoms with Gasteiger partial charge in [-0.15, -0.1) is 0 Å². The van der Waals surface area contributed by atoms with Gasteiger partial charge in [0.05, 0.1) is 0 Å². The zero-order chi connectivity index (χ0) is 14.1. The van der Waals surface area contributed by atoms with Crippen molar-refractivity contribution >= 4 is 16.5 Å². The number of fused-ring (bicyclic) bond motifs is 1. The zero-order valence-corrected chi connectivity index (χ0v) is 12.4. The number of hydrogen-bond acceptors (Lipinski definition) is 3. The molecule has 2 fully saturated rings. The average Bonchev–Trinajstić information content (AvgIpc) is 3.18. The first-order chi connectivity index (χ1) is 10.4. The van der Waals surface area contributed by atoms with E-state index < -0.39 is 0 Å². The van der Waals surface area contributed by atoms with Gasteiger partial charge in [0.1, 0.15) is 0 Å². The number of aromatic nitrogens is 1. The molecule has 1 aliphatic carbocycles. The first-order valence-corrected chi connectivity index (χ1v) is 8.24. The molecule has 1 aromatic heterocycles. The third kappa shape index (κ3) is 2.51. The summed E-state index contributed by atoms with van der Waals surface area (Å²) in [5.74, 6) is 0.777. The van der Waals surface area contributed by atoms with Crippen LogP contribution in [0.4, 0.5) is 5.69 Å². The Bertz CT molecular complexity index is 613. The number of nitrogens with one attached hydrogen (secondary N) is 2. The van der Waals surface area contributed by atoms with Crippen LogP contribution in [0.2, 0.25) is 0 Å². The first-order valence-electron chi connectivity index (χ1n) is 8.24. The maximum absolute atomic E-state index is 4.29. The maximum atomic E-state index is 4.29. The third-order valence-electron chi connectivity index (χ3n) is 5.21. The van der Waals surface area contributed by atoms with Crippen molar-refractivity contribution in [2.24, 2.45) is 5.92 Å². The molecule has 0 radical (unpaired) electrons. The van der Waals surface area contributed by atoms with Crippen LogP contribution in [0.25, 0.3) is 10.8 Å². The van der Waals surface area contributed by atoms with Crippen molar-refractivity contribution in [2.45, 2.75) is 44.2 Å². The van der Waals surface area contributed by atoms with Crippen LogP contribution in [0, 0.1) is 5.92 Å². The maximum Gasteiger partial charge on any atom is 0.0437 e. The number of pyridine rings is 1. The summed E-state index contributed by atoms with van der Waals surface area (Å²) in [4.78, 5) is 4.29. The van der Waals surface area contributed by atoms with Gasteiger partial charge in [-0.3, -0.25) is 4.98 Å². The van der Waals surface area contributed by atoms with Crippen molar-refractivity contribution in [1.29, 1.82) is 0 Å². The first kappa shape index (κ1) is 13.1. The Hall–Kier alpha value is -1.61. The van der Waals surface area contributed by atoms with Crippen LogP contribution in [0.5, 0.6) is 0 Å². The smallest absolute Gasteiger partial charge is 0.0437 e. The van der Waals surface area contributed by atoms with Crippen LogP contribution in [-0.2, 0) is 0 Å². The lowest BCUT2D eigenvalue weighted by atomic mass is 9.93. The summed E-state index contributed by atoms with van der Waals surface area (Å²) in [5.41, 5.74) is 1.25. The van der Waals surface area contributed by atoms with E-state index in [1.54, 1.807) is 0 Å². The second-order valence-electron chi connectivity index (χ2n) is 6.45. The minimum Gasteiger partial charge on any atom is -0.381 e. The number of nitrogens with zero attached hydrogens (tertiary/aromatic N) is 1. The molecule has 3 atom stereocenters. The fraction of sp³-hybridized carbons (Fsp3) is 0.500. The van der Waals surface area contributed by atoms with Crippen molar-refractivity contribution in [3.05, 3.63) is 36.7 Å². The molecule has 4 rings (SSSR count). The summed E-state index contributed by atoms with van der Waals surface area (Å²) in [5, 5.41) is 10.0. The number of hydrogen-bond donors (Lipinski definition) is 2. The van der Waals surface area contributed by atoms with E-state index in [0.717, 1.165) is 12.0 Å². The molecule has 2 aliphatic rings. The molecule has 1 aliphatic heterocycles. The van der Waals surface area contributed by atoms with Gasteiger partial charge in [-0.25, -0.2) is 0 Å². The standard InChI is InChI=1S/C18H23N3/c1-4-13-9-11-19-12-15(13)18(6-1)21-17-7-2-5-14(17)16-8-3-10-20-16/h1,4,6,9,11-12,14,16-17,20-21H,2-3,5,7-8,10H2. The number of anilines is 1. The van der Waals surface area contributed by atoms with Gasteiger partial charge in [0, 0.05) is 35.6 Å². The van der Waals surface area contributed by atoms with Gasteiger partial charge >= 0.3 is 0 Å². The van der Waals surface area contributed by atoms with Gasteiger partial charge < -0.3 is 10.6 Å². The second kappa shape index (κ2) is 5.64. The molecule has 110 valence electrons. The minimum absolute atomic E-state index is 0.603. The van der Waals surface area contributed by atoms with E-state index in [9.17, 15) is 0 Å². The Balaban J connectivity index is 1.59. The molecule has 2 aromatic rings. The van der Waals surface area contributed by atoms with Crippen LogP contribution < -0.4 is 10.6 Å². The van der Waals surface area contributed by atoms with Gasteiger partial charge in [0.15, 0.2) is 0 Å². The molecule has 21 heavy (non-hydrogen) atoms. The molecular weight excluding hydrogens is 258 g/mol. The molecule has 1 saturated heterocycles. The van der Waals surface area contributed by atoms with Crippen LogP contribution >= 0.6 is 0 Å². The molecule has 0 bridgehead atoms. The summed E-state index contributed by atoms with van der Waals surface area (Å²) in [6.07, 6.45) is 10.5. The lowest BCUT2D eigenvalue weighted by molar-refractivity contribution is 0.376. The van der Waals surface area contributed by atoms with E-state index in [1.165, 1.54) is 55.1 Å². The van der Waals surface area contributed by atoms with Crippen LogP contribution in [0.3, 0.4) is 0 Å². The SMILES string of the molecule is c1cc(NC2CCCC2C2CCCN2)c2cnccc2c1. The fourth-order valence-electron chi connectivity index (χ4n) is 4.17. The van der Waals surface area contributed by atoms with Crippen LogP contribution in [0.15, 0.2) is 36.7 Å². The highest BCUT2D eigenvalue weighted by molar-refractivity contribution is 5.93. The van der Waals surface area contributed by atoms with Crippen molar-refractivity contribution in [2.75, 3.05) is 11.9 Å². The van der Waals surface area contributed by atoms with Gasteiger partial charge in [-0.05, 0) is 55.7 Å². The summed E-state index contributed by atoms with van der Waals surface area (Å²) < 4.78 is 0. The Morgan fingerprint density at radius 3 is 3.00 bits per heavy atom. The summed E-state index contributed by atoms with van der Waals surface area (Å²) in [6, 6.07) is 9.91. The second-order valence-corrected chi connectivity index (χ2v) is 6.45. The van der Waals surface area contributed by atoms with Crippen molar-refractivity contribution in [3.8, 4) is 0 Å². The Kier molecular flexibility index (Phi) is 3.52. The van der Waals surface area contributed by atoms with E-state index >= 15 is 0 Å². The van der Waals surface area contributed by atoms with Gasteiger partial charge in [-0.1, -0.05) is 18.6 Å². The fourth-order valence-corrected chi connectivity index (χ4v) is 4.17. The molecule has 0 amide bonds. The molecule has 2 N–H and O–H groups in total. The molecule has 2 heterocycles. The molecule has 0 spiro atoms. The van der Waals surface area contributed by atoms with E-state index in [1.807, 2.05) is 12.4 Å². The molecule has 3 unspecified atom stereocenters. The molecule has 3 nitrogen and oxygen atoms in total. The van der Waals surface area contributed by atoms with Crippen molar-refractivity contribution in [1.82, 2.24) is 10.3 Å². The normalized spacial score (nSPS) is 29.0. The zero-order valence-electron chi connectivity index (χ0n) is 12.4. The van der Waals surface area contributed by atoms with Crippen LogP contribution in [-0.4, -0.2) is 23.6 Å². The molecule has 1 saturated carbocycles. The largest absolute Gasteiger partial charge is 0.381 e. The Morgan fingerprint density at radius 2 is 2.10 bits per heavy atom. The predicted molar refractivity (Wildman–Crippen MR) is 87.5 cm³/mol. The van der Waals surface area contributed by atoms with Crippen LogP contribution in [0.1, 0.15) is 32.1 Å². The van der Waals surface area contributed by atoms with E-state index in [-0.39, 0.29) is 0 Å². The van der Waals surface area contributed by atoms with Gasteiger partial charge in [0.25, 0.3) is 0 Å². The molecule has 3 heteroatoms. The number of rotatable bonds is 3. The topological polar surface area (TPSA) is 37.0 Å². The highest BCUT2D eigenvalue weighted by Gasteiger charge is 2.34. The van der Waals surface area contributed by atoms with Crippen molar-refractivity contribution < 1.29 is 0 Å². The van der Waals surface area contributed by atoms with Crippen molar-refractivity contribution in [3.63, 3.8) is 0 Å².